The van der Waals surface area contributed by atoms with Crippen molar-refractivity contribution in [3.05, 3.63) is 0 Å². The maximum absolute atomic E-state index is 3.68. The van der Waals surface area contributed by atoms with Crippen LogP contribution in [0.2, 0.25) is 0 Å². The van der Waals surface area contributed by atoms with Crippen LogP contribution in [0.1, 0.15) is 44.9 Å². The molecule has 1 N–H and O–H groups in total. The molecule has 0 aromatic heterocycles. The minimum Gasteiger partial charge on any atom is -0.314 e. The van der Waals surface area contributed by atoms with Crippen LogP contribution in [0.4, 0.5) is 0 Å². The van der Waals surface area contributed by atoms with E-state index in [1.165, 1.54) is 71.1 Å². The minimum atomic E-state index is 0.866. The normalized spacial score (nSPS) is 33.4. The number of likely N-dealkylation sites (tertiary alicyclic amines) is 1. The lowest BCUT2D eigenvalue weighted by atomic mass is 9.88. The van der Waals surface area contributed by atoms with E-state index in [0.717, 1.165) is 17.9 Å². The van der Waals surface area contributed by atoms with Gasteiger partial charge in [0.25, 0.3) is 0 Å². The van der Waals surface area contributed by atoms with Gasteiger partial charge in [0, 0.05) is 6.04 Å². The molecule has 0 radical (unpaired) electrons. The first-order valence-corrected chi connectivity index (χ1v) is 7.37. The summed E-state index contributed by atoms with van der Waals surface area (Å²) in [6.07, 6.45) is 10.3. The number of hydrogen-bond donors (Lipinski definition) is 1. The fourth-order valence-electron chi connectivity index (χ4n) is 3.46. The first-order valence-electron chi connectivity index (χ1n) is 7.37. The molecule has 1 unspecified atom stereocenters. The van der Waals surface area contributed by atoms with Crippen molar-refractivity contribution >= 4 is 0 Å². The molecule has 3 aliphatic rings. The van der Waals surface area contributed by atoms with Crippen molar-refractivity contribution < 1.29 is 0 Å². The van der Waals surface area contributed by atoms with E-state index in [0.29, 0.717) is 0 Å². The fourth-order valence-corrected chi connectivity index (χ4v) is 3.46. The molecule has 1 saturated carbocycles. The van der Waals surface area contributed by atoms with Gasteiger partial charge in [-0.3, -0.25) is 0 Å². The molecule has 0 bridgehead atoms. The number of rotatable bonds is 4. The van der Waals surface area contributed by atoms with Crippen LogP contribution in [0, 0.1) is 11.8 Å². The standard InChI is InChI=1S/C14H26N2/c1-2-14(15-8-1)13-6-10-16(11-7-13)9-5-12-3-4-12/h12-15H,1-11H2. The predicted octanol–water partition coefficient (Wildman–Crippen LogP) is 2.25. The van der Waals surface area contributed by atoms with E-state index >= 15 is 0 Å². The van der Waals surface area contributed by atoms with Gasteiger partial charge in [0.2, 0.25) is 0 Å². The Morgan fingerprint density at radius 2 is 1.81 bits per heavy atom. The largest absolute Gasteiger partial charge is 0.314 e. The van der Waals surface area contributed by atoms with Gasteiger partial charge in [-0.15, -0.1) is 0 Å². The maximum atomic E-state index is 3.68. The zero-order chi connectivity index (χ0) is 10.8. The first kappa shape index (κ1) is 11.0. The molecule has 0 spiro atoms. The molecule has 0 amide bonds. The molecule has 2 heteroatoms. The molecular formula is C14H26N2. The number of piperidine rings is 1. The van der Waals surface area contributed by atoms with Crippen LogP contribution in [0.5, 0.6) is 0 Å². The molecule has 1 atom stereocenters. The van der Waals surface area contributed by atoms with Crippen molar-refractivity contribution in [2.24, 2.45) is 11.8 Å². The predicted molar refractivity (Wildman–Crippen MR) is 67.5 cm³/mol. The van der Waals surface area contributed by atoms with Crippen molar-refractivity contribution in [2.75, 3.05) is 26.2 Å². The summed E-state index contributed by atoms with van der Waals surface area (Å²) in [6.45, 7) is 5.40. The molecule has 2 saturated heterocycles. The summed E-state index contributed by atoms with van der Waals surface area (Å²) in [7, 11) is 0. The van der Waals surface area contributed by atoms with Crippen molar-refractivity contribution in [3.63, 3.8) is 0 Å². The average molecular weight is 222 g/mol. The minimum absolute atomic E-state index is 0.866. The first-order chi connectivity index (χ1) is 7.92. The summed E-state index contributed by atoms with van der Waals surface area (Å²) >= 11 is 0. The Morgan fingerprint density at radius 3 is 2.44 bits per heavy atom. The SMILES string of the molecule is C1CNC(C2CCN(CCC3CC3)CC2)C1. The highest BCUT2D eigenvalue weighted by atomic mass is 15.1. The van der Waals surface area contributed by atoms with Gasteiger partial charge in [0.15, 0.2) is 0 Å². The monoisotopic (exact) mass is 222 g/mol. The molecule has 16 heavy (non-hydrogen) atoms. The molecule has 1 aliphatic carbocycles. The Labute approximate surface area is 99.8 Å². The smallest absolute Gasteiger partial charge is 0.00967 e. The molecule has 3 fully saturated rings. The Kier molecular flexibility index (Phi) is 3.49. The van der Waals surface area contributed by atoms with Gasteiger partial charge in [0.05, 0.1) is 0 Å². The van der Waals surface area contributed by atoms with E-state index in [4.69, 9.17) is 0 Å². The highest BCUT2D eigenvalue weighted by Gasteiger charge is 2.29. The highest BCUT2D eigenvalue weighted by Crippen LogP contribution is 2.33. The van der Waals surface area contributed by atoms with Gasteiger partial charge in [-0.05, 0) is 70.1 Å². The number of nitrogens with zero attached hydrogens (tertiary/aromatic N) is 1. The van der Waals surface area contributed by atoms with E-state index in [1.54, 1.807) is 0 Å². The van der Waals surface area contributed by atoms with E-state index < -0.39 is 0 Å². The summed E-state index contributed by atoms with van der Waals surface area (Å²) in [4.78, 5) is 2.71. The Bertz CT molecular complexity index is 211. The molecule has 2 nitrogen and oxygen atoms in total. The van der Waals surface area contributed by atoms with Crippen molar-refractivity contribution in [1.82, 2.24) is 10.2 Å². The van der Waals surface area contributed by atoms with Gasteiger partial charge in [0.1, 0.15) is 0 Å². The van der Waals surface area contributed by atoms with E-state index in [1.807, 2.05) is 0 Å². The molecule has 0 aromatic rings. The van der Waals surface area contributed by atoms with Gasteiger partial charge in [-0.2, -0.15) is 0 Å². The van der Waals surface area contributed by atoms with Crippen LogP contribution in [-0.2, 0) is 0 Å². The van der Waals surface area contributed by atoms with Gasteiger partial charge >= 0.3 is 0 Å². The van der Waals surface area contributed by atoms with Crippen LogP contribution in [0.25, 0.3) is 0 Å². The van der Waals surface area contributed by atoms with E-state index in [9.17, 15) is 0 Å². The number of nitrogens with one attached hydrogen (secondary N) is 1. The van der Waals surface area contributed by atoms with E-state index in [2.05, 4.69) is 10.2 Å². The van der Waals surface area contributed by atoms with Crippen LogP contribution >= 0.6 is 0 Å². The highest BCUT2D eigenvalue weighted by molar-refractivity contribution is 4.86. The molecular weight excluding hydrogens is 196 g/mol. The second-order valence-corrected chi connectivity index (χ2v) is 6.11. The Hall–Kier alpha value is -0.0800. The van der Waals surface area contributed by atoms with Crippen LogP contribution in [0.15, 0.2) is 0 Å². The summed E-state index contributed by atoms with van der Waals surface area (Å²) in [5, 5.41) is 3.68. The van der Waals surface area contributed by atoms with E-state index in [-0.39, 0.29) is 0 Å². The van der Waals surface area contributed by atoms with Crippen molar-refractivity contribution in [1.29, 1.82) is 0 Å². The second-order valence-electron chi connectivity index (χ2n) is 6.11. The lowest BCUT2D eigenvalue weighted by Gasteiger charge is -2.34. The quantitative estimate of drug-likeness (QED) is 0.785. The van der Waals surface area contributed by atoms with Gasteiger partial charge < -0.3 is 10.2 Å². The lowest BCUT2D eigenvalue weighted by Crippen LogP contribution is -2.41. The van der Waals surface area contributed by atoms with Crippen LogP contribution in [0.3, 0.4) is 0 Å². The molecule has 2 aliphatic heterocycles. The summed E-state index contributed by atoms with van der Waals surface area (Å²) in [5.41, 5.74) is 0. The molecule has 0 aromatic carbocycles. The van der Waals surface area contributed by atoms with Crippen molar-refractivity contribution in [3.8, 4) is 0 Å². The zero-order valence-electron chi connectivity index (χ0n) is 10.5. The molecule has 3 rings (SSSR count). The average Bonchev–Trinajstić information content (AvgIpc) is 3.00. The lowest BCUT2D eigenvalue weighted by molar-refractivity contribution is 0.160. The summed E-state index contributed by atoms with van der Waals surface area (Å²) in [5.74, 6) is 2.09. The zero-order valence-corrected chi connectivity index (χ0v) is 10.5. The third kappa shape index (κ3) is 2.78. The maximum Gasteiger partial charge on any atom is 0.00967 e. The van der Waals surface area contributed by atoms with Gasteiger partial charge in [-0.1, -0.05) is 12.8 Å². The van der Waals surface area contributed by atoms with Crippen molar-refractivity contribution in [2.45, 2.75) is 51.0 Å². The topological polar surface area (TPSA) is 15.3 Å². The molecule has 92 valence electrons. The summed E-state index contributed by atoms with van der Waals surface area (Å²) in [6, 6.07) is 0.866. The second kappa shape index (κ2) is 5.05. The van der Waals surface area contributed by atoms with Crippen LogP contribution in [-0.4, -0.2) is 37.1 Å². The van der Waals surface area contributed by atoms with Crippen LogP contribution < -0.4 is 5.32 Å². The summed E-state index contributed by atoms with van der Waals surface area (Å²) < 4.78 is 0. The Morgan fingerprint density at radius 1 is 1.00 bits per heavy atom. The third-order valence-corrected chi connectivity index (χ3v) is 4.85. The fraction of sp³-hybridized carbons (Fsp3) is 1.00. The van der Waals surface area contributed by atoms with Gasteiger partial charge in [-0.25, -0.2) is 0 Å². The third-order valence-electron chi connectivity index (χ3n) is 4.85. The Balaban J connectivity index is 1.37. The number of hydrogen-bond acceptors (Lipinski definition) is 2. The molecule has 2 heterocycles.